The molecule has 0 spiro atoms. The number of benzene rings is 3. The summed E-state index contributed by atoms with van der Waals surface area (Å²) in [6.45, 7) is 6.17. The molecule has 1 N–H and O–H groups in total. The zero-order valence-electron chi connectivity index (χ0n) is 24.5. The van der Waals surface area contributed by atoms with Crippen LogP contribution in [0.5, 0.6) is 0 Å². The van der Waals surface area contributed by atoms with Crippen molar-refractivity contribution in [3.05, 3.63) is 99.5 Å². The molecule has 3 rings (SSSR count). The van der Waals surface area contributed by atoms with Gasteiger partial charge in [-0.05, 0) is 61.6 Å². The number of nitrogens with zero attached hydrogens (tertiary/aromatic N) is 2. The molecule has 0 radical (unpaired) electrons. The Labute approximate surface area is 259 Å². The van der Waals surface area contributed by atoms with E-state index in [1.807, 2.05) is 75.4 Å². The fourth-order valence-corrected chi connectivity index (χ4v) is 6.03. The van der Waals surface area contributed by atoms with Crippen LogP contribution in [0.1, 0.15) is 49.8 Å². The molecule has 7 nitrogen and oxygen atoms in total. The fourth-order valence-electron chi connectivity index (χ4n) is 4.63. The molecular weight excluding hydrogens is 593 g/mol. The third-order valence-corrected chi connectivity index (χ3v) is 8.94. The van der Waals surface area contributed by atoms with Crippen molar-refractivity contribution in [2.45, 2.75) is 65.1 Å². The summed E-state index contributed by atoms with van der Waals surface area (Å²) < 4.78 is 26.5. The number of hydrogen-bond donors (Lipinski definition) is 1. The molecular formula is C32H39Cl2N3O4S. The average molecular weight is 633 g/mol. The van der Waals surface area contributed by atoms with Gasteiger partial charge in [0.15, 0.2) is 0 Å². The van der Waals surface area contributed by atoms with Gasteiger partial charge in [-0.15, -0.1) is 0 Å². The van der Waals surface area contributed by atoms with Gasteiger partial charge in [-0.3, -0.25) is 13.9 Å². The predicted molar refractivity (Wildman–Crippen MR) is 171 cm³/mol. The molecule has 2 atom stereocenters. The van der Waals surface area contributed by atoms with Crippen molar-refractivity contribution in [1.29, 1.82) is 0 Å². The molecule has 2 amide bonds. The van der Waals surface area contributed by atoms with Crippen molar-refractivity contribution in [3.8, 4) is 0 Å². The summed E-state index contributed by atoms with van der Waals surface area (Å²) in [6, 6.07) is 21.2. The van der Waals surface area contributed by atoms with Crippen LogP contribution >= 0.6 is 23.2 Å². The number of carbonyl (C=O) groups is 2. The molecule has 0 heterocycles. The Hall–Kier alpha value is -3.07. The highest BCUT2D eigenvalue weighted by Crippen LogP contribution is 2.31. The van der Waals surface area contributed by atoms with E-state index < -0.39 is 16.1 Å². The second kappa shape index (κ2) is 15.4. The standard InChI is InChI=1S/C32H39Cl2N3O4S/c1-5-24(3)35-32(39)30(20-25-13-7-6-8-14-25)36(22-26-15-10-9-12-23(26)2)31(38)16-11-19-37(42(4,40)41)29-21-27(33)17-18-28(29)34/h6-10,12-15,17-18,21,24,30H,5,11,16,19-20,22H2,1-4H3,(H,35,39). The maximum Gasteiger partial charge on any atom is 0.243 e. The van der Waals surface area contributed by atoms with E-state index in [0.717, 1.165) is 33.7 Å². The molecule has 226 valence electrons. The van der Waals surface area contributed by atoms with Crippen LogP contribution < -0.4 is 9.62 Å². The van der Waals surface area contributed by atoms with E-state index in [1.54, 1.807) is 11.0 Å². The van der Waals surface area contributed by atoms with E-state index in [1.165, 1.54) is 12.1 Å². The summed E-state index contributed by atoms with van der Waals surface area (Å²) in [4.78, 5) is 29.3. The topological polar surface area (TPSA) is 86.8 Å². The Morgan fingerprint density at radius 1 is 0.976 bits per heavy atom. The molecule has 0 aromatic heterocycles. The van der Waals surface area contributed by atoms with Gasteiger partial charge in [0.25, 0.3) is 0 Å². The molecule has 0 fully saturated rings. The van der Waals surface area contributed by atoms with Crippen molar-refractivity contribution in [2.75, 3.05) is 17.1 Å². The van der Waals surface area contributed by atoms with Gasteiger partial charge in [0.2, 0.25) is 21.8 Å². The molecule has 3 aromatic carbocycles. The number of anilines is 1. The lowest BCUT2D eigenvalue weighted by Crippen LogP contribution is -2.52. The number of halogens is 2. The number of aryl methyl sites for hydroxylation is 1. The highest BCUT2D eigenvalue weighted by Gasteiger charge is 2.31. The number of nitrogens with one attached hydrogen (secondary N) is 1. The Morgan fingerprint density at radius 2 is 1.64 bits per heavy atom. The molecule has 0 saturated carbocycles. The van der Waals surface area contributed by atoms with Gasteiger partial charge in [0.1, 0.15) is 6.04 Å². The first-order valence-corrected chi connectivity index (χ1v) is 16.6. The van der Waals surface area contributed by atoms with Gasteiger partial charge < -0.3 is 10.2 Å². The zero-order valence-corrected chi connectivity index (χ0v) is 26.8. The largest absolute Gasteiger partial charge is 0.352 e. The lowest BCUT2D eigenvalue weighted by Gasteiger charge is -2.33. The lowest BCUT2D eigenvalue weighted by molar-refractivity contribution is -0.141. The maximum absolute atomic E-state index is 14.0. The van der Waals surface area contributed by atoms with Crippen LogP contribution in [-0.4, -0.2) is 50.0 Å². The van der Waals surface area contributed by atoms with Crippen molar-refractivity contribution in [3.63, 3.8) is 0 Å². The molecule has 0 aliphatic carbocycles. The minimum absolute atomic E-state index is 0.0191. The van der Waals surface area contributed by atoms with Gasteiger partial charge in [-0.2, -0.15) is 0 Å². The quantitative estimate of drug-likeness (QED) is 0.223. The van der Waals surface area contributed by atoms with E-state index in [9.17, 15) is 18.0 Å². The summed E-state index contributed by atoms with van der Waals surface area (Å²) in [5, 5.41) is 3.65. The van der Waals surface area contributed by atoms with Crippen LogP contribution in [0, 0.1) is 6.92 Å². The van der Waals surface area contributed by atoms with Gasteiger partial charge in [0, 0.05) is 37.0 Å². The SMILES string of the molecule is CCC(C)NC(=O)C(Cc1ccccc1)N(Cc1ccccc1C)C(=O)CCCN(c1cc(Cl)ccc1Cl)S(C)(=O)=O. The van der Waals surface area contributed by atoms with Gasteiger partial charge in [0.05, 0.1) is 17.0 Å². The van der Waals surface area contributed by atoms with E-state index >= 15 is 0 Å². The summed E-state index contributed by atoms with van der Waals surface area (Å²) in [7, 11) is -3.72. The monoisotopic (exact) mass is 631 g/mol. The molecule has 0 aliphatic rings. The fraction of sp³-hybridized carbons (Fsp3) is 0.375. The van der Waals surface area contributed by atoms with Crippen molar-refractivity contribution in [2.24, 2.45) is 0 Å². The molecule has 0 aliphatic heterocycles. The van der Waals surface area contributed by atoms with Crippen LogP contribution in [0.3, 0.4) is 0 Å². The predicted octanol–water partition coefficient (Wildman–Crippen LogP) is 6.40. The van der Waals surface area contributed by atoms with Crippen LogP contribution in [0.2, 0.25) is 10.0 Å². The van der Waals surface area contributed by atoms with Crippen molar-refractivity contribution >= 4 is 50.7 Å². The van der Waals surface area contributed by atoms with Gasteiger partial charge >= 0.3 is 0 Å². The minimum Gasteiger partial charge on any atom is -0.352 e. The first-order valence-electron chi connectivity index (χ1n) is 14.0. The molecule has 0 bridgehead atoms. The molecule has 0 saturated heterocycles. The highest BCUT2D eigenvalue weighted by atomic mass is 35.5. The summed E-state index contributed by atoms with van der Waals surface area (Å²) in [5.41, 5.74) is 3.13. The third kappa shape index (κ3) is 9.48. The van der Waals surface area contributed by atoms with Crippen molar-refractivity contribution in [1.82, 2.24) is 10.2 Å². The summed E-state index contributed by atoms with van der Waals surface area (Å²) >= 11 is 12.4. The minimum atomic E-state index is -3.72. The van der Waals surface area contributed by atoms with Crippen LogP contribution in [-0.2, 0) is 32.6 Å². The molecule has 42 heavy (non-hydrogen) atoms. The Kier molecular flexibility index (Phi) is 12.3. The van der Waals surface area contributed by atoms with Crippen LogP contribution in [0.15, 0.2) is 72.8 Å². The zero-order chi connectivity index (χ0) is 30.9. The summed E-state index contributed by atoms with van der Waals surface area (Å²) in [5.74, 6) is -0.470. The molecule has 3 aromatic rings. The number of sulfonamides is 1. The number of hydrogen-bond acceptors (Lipinski definition) is 4. The van der Waals surface area contributed by atoms with Gasteiger partial charge in [-0.25, -0.2) is 8.42 Å². The van der Waals surface area contributed by atoms with E-state index in [-0.39, 0.29) is 54.5 Å². The van der Waals surface area contributed by atoms with E-state index in [2.05, 4.69) is 5.32 Å². The molecule has 10 heteroatoms. The molecule has 2 unspecified atom stereocenters. The Bertz CT molecular complexity index is 1470. The average Bonchev–Trinajstić information content (AvgIpc) is 2.95. The van der Waals surface area contributed by atoms with Crippen LogP contribution in [0.25, 0.3) is 0 Å². The first kappa shape index (κ1) is 33.4. The Morgan fingerprint density at radius 3 is 2.29 bits per heavy atom. The lowest BCUT2D eigenvalue weighted by atomic mass is 10.0. The normalized spacial score (nSPS) is 12.8. The highest BCUT2D eigenvalue weighted by molar-refractivity contribution is 7.92. The van der Waals surface area contributed by atoms with E-state index in [4.69, 9.17) is 23.2 Å². The first-order chi connectivity index (χ1) is 19.9. The summed E-state index contributed by atoms with van der Waals surface area (Å²) in [6.07, 6.45) is 2.42. The smallest absolute Gasteiger partial charge is 0.243 e. The number of carbonyl (C=O) groups excluding carboxylic acids is 2. The number of rotatable bonds is 14. The van der Waals surface area contributed by atoms with E-state index in [0.29, 0.717) is 11.4 Å². The van der Waals surface area contributed by atoms with Gasteiger partial charge in [-0.1, -0.05) is 84.7 Å². The maximum atomic E-state index is 14.0. The second-order valence-electron chi connectivity index (χ2n) is 10.5. The second-order valence-corrected chi connectivity index (χ2v) is 13.3. The Balaban J connectivity index is 1.92. The van der Waals surface area contributed by atoms with Crippen molar-refractivity contribution < 1.29 is 18.0 Å². The third-order valence-electron chi connectivity index (χ3n) is 7.20. The van der Waals surface area contributed by atoms with Crippen LogP contribution in [0.4, 0.5) is 5.69 Å². The number of amides is 2.